The third-order valence-corrected chi connectivity index (χ3v) is 3.36. The van der Waals surface area contributed by atoms with Crippen molar-refractivity contribution < 1.29 is 14.3 Å². The minimum Gasteiger partial charge on any atom is -0.478 e. The first-order chi connectivity index (χ1) is 10.1. The second-order valence-corrected chi connectivity index (χ2v) is 5.06. The summed E-state index contributed by atoms with van der Waals surface area (Å²) in [6.07, 6.45) is 4.30. The zero-order valence-electron chi connectivity index (χ0n) is 13.4. The first-order valence-corrected chi connectivity index (χ1v) is 7.60. The monoisotopic (exact) mass is 294 g/mol. The fourth-order valence-electron chi connectivity index (χ4n) is 1.77. The van der Waals surface area contributed by atoms with Crippen LogP contribution in [0.1, 0.15) is 47.0 Å². The molecular weight excluding hydrogens is 268 g/mol. The molecule has 1 N–H and O–H groups in total. The molecule has 1 aromatic rings. The van der Waals surface area contributed by atoms with Crippen molar-refractivity contribution in [1.82, 2.24) is 4.98 Å². The predicted octanol–water partition coefficient (Wildman–Crippen LogP) is 3.40. The number of nitrogens with one attached hydrogen (secondary N) is 1. The Morgan fingerprint density at radius 3 is 2.62 bits per heavy atom. The highest BCUT2D eigenvalue weighted by atomic mass is 16.5. The number of aromatic nitrogens is 1. The van der Waals surface area contributed by atoms with E-state index in [0.717, 1.165) is 12.8 Å². The minimum absolute atomic E-state index is 0.159. The van der Waals surface area contributed by atoms with Crippen molar-refractivity contribution in [3.8, 4) is 5.88 Å². The lowest BCUT2D eigenvalue weighted by Gasteiger charge is -2.26. The Balaban J connectivity index is 2.60. The van der Waals surface area contributed by atoms with Gasteiger partial charge in [0.05, 0.1) is 18.5 Å². The van der Waals surface area contributed by atoms with Crippen molar-refractivity contribution in [3.05, 3.63) is 18.3 Å². The van der Waals surface area contributed by atoms with Gasteiger partial charge in [-0.05, 0) is 32.8 Å². The highest BCUT2D eigenvalue weighted by Crippen LogP contribution is 2.19. The lowest BCUT2D eigenvalue weighted by molar-refractivity contribution is -0.139. The number of rotatable bonds is 9. The molecule has 0 aromatic carbocycles. The molecule has 5 heteroatoms. The average molecular weight is 294 g/mol. The molecule has 1 unspecified atom stereocenters. The lowest BCUT2D eigenvalue weighted by Crippen LogP contribution is -2.42. The number of pyridine rings is 1. The van der Waals surface area contributed by atoms with Crippen molar-refractivity contribution in [2.24, 2.45) is 0 Å². The number of hydrogen-bond acceptors (Lipinski definition) is 4. The topological polar surface area (TPSA) is 60.5 Å². The summed E-state index contributed by atoms with van der Waals surface area (Å²) >= 11 is 0. The van der Waals surface area contributed by atoms with Gasteiger partial charge < -0.3 is 14.8 Å². The number of ether oxygens (including phenoxy) is 2. The largest absolute Gasteiger partial charge is 0.478 e. The molecule has 118 valence electrons. The van der Waals surface area contributed by atoms with E-state index in [-0.39, 0.29) is 5.91 Å². The summed E-state index contributed by atoms with van der Waals surface area (Å²) in [7, 11) is 0. The summed E-state index contributed by atoms with van der Waals surface area (Å²) in [5, 5.41) is 2.83. The van der Waals surface area contributed by atoms with E-state index in [4.69, 9.17) is 9.47 Å². The molecule has 0 spiro atoms. The summed E-state index contributed by atoms with van der Waals surface area (Å²) in [5.74, 6) is 0.415. The fourth-order valence-corrected chi connectivity index (χ4v) is 1.77. The summed E-state index contributed by atoms with van der Waals surface area (Å²) in [4.78, 5) is 16.4. The van der Waals surface area contributed by atoms with Crippen LogP contribution in [0.3, 0.4) is 0 Å². The van der Waals surface area contributed by atoms with Gasteiger partial charge >= 0.3 is 0 Å². The number of nitrogens with zero attached hydrogens (tertiary/aromatic N) is 1. The number of carbonyl (C=O) groups excluding carboxylic acids is 1. The van der Waals surface area contributed by atoms with Crippen molar-refractivity contribution in [2.75, 3.05) is 18.5 Å². The zero-order valence-corrected chi connectivity index (χ0v) is 13.4. The number of carbonyl (C=O) groups is 1. The van der Waals surface area contributed by atoms with Crippen LogP contribution in [0.4, 0.5) is 5.69 Å². The van der Waals surface area contributed by atoms with Gasteiger partial charge in [-0.15, -0.1) is 0 Å². The van der Waals surface area contributed by atoms with E-state index >= 15 is 0 Å². The molecule has 5 nitrogen and oxygen atoms in total. The Hall–Kier alpha value is -1.62. The summed E-state index contributed by atoms with van der Waals surface area (Å²) in [5.41, 5.74) is -0.173. The molecule has 0 bridgehead atoms. The van der Waals surface area contributed by atoms with Crippen LogP contribution in [0, 0.1) is 0 Å². The average Bonchev–Trinajstić information content (AvgIpc) is 2.49. The third kappa shape index (κ3) is 5.34. The molecule has 0 aliphatic carbocycles. The van der Waals surface area contributed by atoms with Gasteiger partial charge in [-0.25, -0.2) is 4.98 Å². The zero-order chi connectivity index (χ0) is 15.7. The van der Waals surface area contributed by atoms with Gasteiger partial charge in [0.2, 0.25) is 5.88 Å². The number of unbranched alkanes of at least 4 members (excludes halogenated alkanes) is 1. The second-order valence-electron chi connectivity index (χ2n) is 5.06. The van der Waals surface area contributed by atoms with Crippen molar-refractivity contribution in [3.63, 3.8) is 0 Å². The number of hydrogen-bond donors (Lipinski definition) is 1. The standard InChI is InChI=1S/C16H26N2O3/c1-5-8-11-20-14-10-9-13(12-17-14)18-15(19)16(4,6-2)21-7-3/h9-10,12H,5-8,11H2,1-4H3,(H,18,19). The van der Waals surface area contributed by atoms with Gasteiger partial charge in [0, 0.05) is 12.7 Å². The van der Waals surface area contributed by atoms with E-state index in [1.165, 1.54) is 0 Å². The molecule has 0 fully saturated rings. The molecule has 0 saturated carbocycles. The van der Waals surface area contributed by atoms with E-state index in [9.17, 15) is 4.79 Å². The van der Waals surface area contributed by atoms with Gasteiger partial charge in [-0.3, -0.25) is 4.79 Å². The number of amides is 1. The van der Waals surface area contributed by atoms with E-state index in [1.807, 2.05) is 13.8 Å². The molecule has 1 heterocycles. The molecule has 1 amide bonds. The highest BCUT2D eigenvalue weighted by Gasteiger charge is 2.31. The van der Waals surface area contributed by atoms with Gasteiger partial charge in [-0.2, -0.15) is 0 Å². The molecule has 1 rings (SSSR count). The Labute approximate surface area is 127 Å². The Bertz CT molecular complexity index is 434. The van der Waals surface area contributed by atoms with Gasteiger partial charge in [0.1, 0.15) is 5.60 Å². The van der Waals surface area contributed by atoms with E-state index < -0.39 is 5.60 Å². The minimum atomic E-state index is -0.814. The van der Waals surface area contributed by atoms with Crippen LogP contribution in [0.25, 0.3) is 0 Å². The predicted molar refractivity (Wildman–Crippen MR) is 83.6 cm³/mol. The Morgan fingerprint density at radius 1 is 1.33 bits per heavy atom. The van der Waals surface area contributed by atoms with Crippen LogP contribution in [0.2, 0.25) is 0 Å². The fraction of sp³-hybridized carbons (Fsp3) is 0.625. The third-order valence-electron chi connectivity index (χ3n) is 3.36. The van der Waals surface area contributed by atoms with Crippen molar-refractivity contribution in [1.29, 1.82) is 0 Å². The normalized spacial score (nSPS) is 13.5. The van der Waals surface area contributed by atoms with Crippen LogP contribution < -0.4 is 10.1 Å². The van der Waals surface area contributed by atoms with E-state index in [1.54, 1.807) is 25.3 Å². The Kier molecular flexibility index (Phi) is 7.15. The molecule has 0 aliphatic rings. The number of anilines is 1. The molecular formula is C16H26N2O3. The first-order valence-electron chi connectivity index (χ1n) is 7.60. The van der Waals surface area contributed by atoms with Crippen LogP contribution in [0.15, 0.2) is 18.3 Å². The summed E-state index contributed by atoms with van der Waals surface area (Å²) in [6, 6.07) is 3.55. The van der Waals surface area contributed by atoms with Crippen LogP contribution in [-0.4, -0.2) is 29.7 Å². The molecule has 0 radical (unpaired) electrons. The van der Waals surface area contributed by atoms with Gasteiger partial charge in [0.25, 0.3) is 5.91 Å². The van der Waals surface area contributed by atoms with Crippen LogP contribution in [-0.2, 0) is 9.53 Å². The van der Waals surface area contributed by atoms with Gasteiger partial charge in [-0.1, -0.05) is 20.3 Å². The molecule has 1 aromatic heterocycles. The SMILES string of the molecule is CCCCOc1ccc(NC(=O)C(C)(CC)OCC)cn1. The molecule has 0 saturated heterocycles. The van der Waals surface area contributed by atoms with Gasteiger partial charge in [0.15, 0.2) is 0 Å². The summed E-state index contributed by atoms with van der Waals surface area (Å²) in [6.45, 7) is 8.87. The smallest absolute Gasteiger partial charge is 0.256 e. The molecule has 0 aliphatic heterocycles. The maximum Gasteiger partial charge on any atom is 0.256 e. The molecule has 21 heavy (non-hydrogen) atoms. The van der Waals surface area contributed by atoms with Crippen molar-refractivity contribution in [2.45, 2.75) is 52.6 Å². The van der Waals surface area contributed by atoms with Crippen LogP contribution >= 0.6 is 0 Å². The summed E-state index contributed by atoms with van der Waals surface area (Å²) < 4.78 is 11.0. The van der Waals surface area contributed by atoms with Crippen LogP contribution in [0.5, 0.6) is 5.88 Å². The second kappa shape index (κ2) is 8.62. The maximum atomic E-state index is 12.3. The maximum absolute atomic E-state index is 12.3. The highest BCUT2D eigenvalue weighted by molar-refractivity contribution is 5.96. The quantitative estimate of drug-likeness (QED) is 0.709. The van der Waals surface area contributed by atoms with E-state index in [2.05, 4.69) is 17.2 Å². The lowest BCUT2D eigenvalue weighted by atomic mass is 10.0. The molecule has 1 atom stereocenters. The van der Waals surface area contributed by atoms with Crippen molar-refractivity contribution >= 4 is 11.6 Å². The Morgan fingerprint density at radius 2 is 2.10 bits per heavy atom. The first kappa shape index (κ1) is 17.4. The van der Waals surface area contributed by atoms with E-state index in [0.29, 0.717) is 31.2 Å².